The zero-order chi connectivity index (χ0) is 23.8. The molecule has 2 aliphatic heterocycles. The zero-order valence-electron chi connectivity index (χ0n) is 18.6. The highest BCUT2D eigenvalue weighted by Crippen LogP contribution is 2.41. The van der Waals surface area contributed by atoms with E-state index in [1.54, 1.807) is 23.5 Å². The average molecular weight is 522 g/mol. The Morgan fingerprint density at radius 2 is 1.97 bits per heavy atom. The Hall–Kier alpha value is -3.39. The van der Waals surface area contributed by atoms with Crippen molar-refractivity contribution in [3.63, 3.8) is 0 Å². The second-order valence-electron chi connectivity index (χ2n) is 8.65. The molecular weight excluding hydrogens is 498 g/mol. The van der Waals surface area contributed by atoms with E-state index in [1.165, 1.54) is 0 Å². The summed E-state index contributed by atoms with van der Waals surface area (Å²) < 4.78 is 8.58. The largest absolute Gasteiger partial charge is 0.507 e. The van der Waals surface area contributed by atoms with E-state index in [4.69, 9.17) is 4.74 Å². The van der Waals surface area contributed by atoms with Gasteiger partial charge in [0.1, 0.15) is 17.6 Å². The molecule has 2 atom stereocenters. The Morgan fingerprint density at radius 3 is 2.71 bits per heavy atom. The van der Waals surface area contributed by atoms with E-state index < -0.39 is 17.7 Å². The number of benzene rings is 2. The number of carbonyl (C=O) groups excluding carboxylic acids is 2. The maximum Gasteiger partial charge on any atom is 0.295 e. The molecule has 2 aliphatic rings. The standard InChI is InChI=1S/C26H24BrN3O4/c1-16-13-19-14-18(5-8-21(19)34-16)24(31)22-23(17-3-6-20(27)7-4-17)30(26(33)25(22)32)11-2-10-29-12-9-28-15-29/h3-9,12,14-16,23,31H,2,10-11,13H2,1H3/b24-22+/t16-,23-/m0/s1. The molecule has 1 saturated heterocycles. The summed E-state index contributed by atoms with van der Waals surface area (Å²) in [5, 5.41) is 11.3. The van der Waals surface area contributed by atoms with Gasteiger partial charge in [-0.2, -0.15) is 0 Å². The number of imidazole rings is 1. The summed E-state index contributed by atoms with van der Waals surface area (Å²) in [6.07, 6.45) is 6.73. The summed E-state index contributed by atoms with van der Waals surface area (Å²) in [6.45, 7) is 3.03. The fraction of sp³-hybridized carbons (Fsp3) is 0.269. The number of nitrogens with zero attached hydrogens (tertiary/aromatic N) is 3. The lowest BCUT2D eigenvalue weighted by Crippen LogP contribution is -2.31. The third-order valence-corrected chi connectivity index (χ3v) is 6.80. The summed E-state index contributed by atoms with van der Waals surface area (Å²) in [6, 6.07) is 12.2. The van der Waals surface area contributed by atoms with Gasteiger partial charge in [0.15, 0.2) is 0 Å². The second kappa shape index (κ2) is 9.10. The third kappa shape index (κ3) is 4.14. The molecule has 0 unspecified atom stereocenters. The van der Waals surface area contributed by atoms with E-state index in [0.29, 0.717) is 25.1 Å². The van der Waals surface area contributed by atoms with Crippen LogP contribution in [0.2, 0.25) is 0 Å². The Balaban J connectivity index is 1.52. The fourth-order valence-electron chi connectivity index (χ4n) is 4.67. The van der Waals surface area contributed by atoms with Gasteiger partial charge in [0.25, 0.3) is 11.7 Å². The smallest absolute Gasteiger partial charge is 0.295 e. The van der Waals surface area contributed by atoms with Gasteiger partial charge >= 0.3 is 0 Å². The number of aliphatic hydroxyl groups is 1. The molecule has 3 aromatic rings. The molecule has 0 bridgehead atoms. The van der Waals surface area contributed by atoms with E-state index in [2.05, 4.69) is 20.9 Å². The molecule has 0 spiro atoms. The Labute approximate surface area is 205 Å². The number of Topliss-reactive ketones (excluding diaryl/α,β-unsaturated/α-hetero) is 1. The molecule has 0 saturated carbocycles. The van der Waals surface area contributed by atoms with Gasteiger partial charge < -0.3 is 19.3 Å². The minimum atomic E-state index is -0.668. The minimum Gasteiger partial charge on any atom is -0.507 e. The Kier molecular flexibility index (Phi) is 6.00. The van der Waals surface area contributed by atoms with Crippen molar-refractivity contribution in [1.29, 1.82) is 0 Å². The normalized spacial score (nSPS) is 21.1. The van der Waals surface area contributed by atoms with Gasteiger partial charge in [0, 0.05) is 41.9 Å². The predicted molar refractivity (Wildman–Crippen MR) is 130 cm³/mol. The van der Waals surface area contributed by atoms with Crippen LogP contribution < -0.4 is 4.74 Å². The number of carbonyl (C=O) groups is 2. The molecular formula is C26H24BrN3O4. The van der Waals surface area contributed by atoms with E-state index in [1.807, 2.05) is 54.1 Å². The van der Waals surface area contributed by atoms with Crippen molar-refractivity contribution in [3.05, 3.63) is 87.9 Å². The first-order valence-electron chi connectivity index (χ1n) is 11.2. The van der Waals surface area contributed by atoms with Crippen LogP contribution in [0.1, 0.15) is 36.1 Å². The maximum absolute atomic E-state index is 13.2. The summed E-state index contributed by atoms with van der Waals surface area (Å²) in [5.41, 5.74) is 2.37. The number of rotatable bonds is 6. The lowest BCUT2D eigenvalue weighted by Gasteiger charge is -2.25. The number of ketones is 1. The molecule has 34 heavy (non-hydrogen) atoms. The molecule has 0 aliphatic carbocycles. The van der Waals surface area contributed by atoms with Crippen LogP contribution in [-0.2, 0) is 22.6 Å². The number of aliphatic hydroxyl groups excluding tert-OH is 1. The van der Waals surface area contributed by atoms with Crippen LogP contribution in [-0.4, -0.2) is 43.9 Å². The summed E-state index contributed by atoms with van der Waals surface area (Å²) in [7, 11) is 0. The lowest BCUT2D eigenvalue weighted by molar-refractivity contribution is -0.139. The van der Waals surface area contributed by atoms with Crippen LogP contribution in [0.5, 0.6) is 5.75 Å². The quantitative estimate of drug-likeness (QED) is 0.293. The van der Waals surface area contributed by atoms with Crippen molar-refractivity contribution in [3.8, 4) is 5.75 Å². The monoisotopic (exact) mass is 521 g/mol. The van der Waals surface area contributed by atoms with Crippen molar-refractivity contribution < 1.29 is 19.4 Å². The Morgan fingerprint density at radius 1 is 1.18 bits per heavy atom. The van der Waals surface area contributed by atoms with Crippen molar-refractivity contribution in [1.82, 2.24) is 14.5 Å². The van der Waals surface area contributed by atoms with Gasteiger partial charge in [-0.05, 0) is 54.8 Å². The summed E-state index contributed by atoms with van der Waals surface area (Å²) in [5.74, 6) is -0.643. The molecule has 8 heteroatoms. The number of aromatic nitrogens is 2. The number of aryl methyl sites for hydroxylation is 1. The summed E-state index contributed by atoms with van der Waals surface area (Å²) in [4.78, 5) is 31.9. The predicted octanol–water partition coefficient (Wildman–Crippen LogP) is 4.48. The zero-order valence-corrected chi connectivity index (χ0v) is 20.2. The molecule has 1 amide bonds. The van der Waals surface area contributed by atoms with E-state index in [-0.39, 0.29) is 17.4 Å². The number of halogens is 1. The van der Waals surface area contributed by atoms with Crippen molar-refractivity contribution in [2.75, 3.05) is 6.54 Å². The van der Waals surface area contributed by atoms with Gasteiger partial charge in [0.05, 0.1) is 17.9 Å². The average Bonchev–Trinajstić information content (AvgIpc) is 3.53. The molecule has 5 rings (SSSR count). The highest BCUT2D eigenvalue weighted by molar-refractivity contribution is 9.10. The first-order valence-corrected chi connectivity index (χ1v) is 12.0. The van der Waals surface area contributed by atoms with Crippen LogP contribution >= 0.6 is 15.9 Å². The minimum absolute atomic E-state index is 0.0660. The topological polar surface area (TPSA) is 84.7 Å². The van der Waals surface area contributed by atoms with E-state index in [0.717, 1.165) is 27.8 Å². The van der Waals surface area contributed by atoms with Crippen LogP contribution in [0.4, 0.5) is 0 Å². The van der Waals surface area contributed by atoms with Crippen LogP contribution in [0.25, 0.3) is 5.76 Å². The van der Waals surface area contributed by atoms with Crippen LogP contribution in [0.3, 0.4) is 0 Å². The van der Waals surface area contributed by atoms with E-state index in [9.17, 15) is 14.7 Å². The highest BCUT2D eigenvalue weighted by atomic mass is 79.9. The van der Waals surface area contributed by atoms with Gasteiger partial charge in [-0.1, -0.05) is 28.1 Å². The number of ether oxygens (including phenoxy) is 1. The van der Waals surface area contributed by atoms with Gasteiger partial charge in [-0.3, -0.25) is 9.59 Å². The molecule has 1 fully saturated rings. The molecule has 7 nitrogen and oxygen atoms in total. The molecule has 1 N–H and O–H groups in total. The molecule has 174 valence electrons. The number of likely N-dealkylation sites (tertiary alicyclic amines) is 1. The third-order valence-electron chi connectivity index (χ3n) is 6.27. The highest BCUT2D eigenvalue weighted by Gasteiger charge is 2.45. The van der Waals surface area contributed by atoms with Gasteiger partial charge in [-0.25, -0.2) is 4.98 Å². The maximum atomic E-state index is 13.2. The number of hydrogen-bond donors (Lipinski definition) is 1. The van der Waals surface area contributed by atoms with Crippen LogP contribution in [0.15, 0.2) is 71.2 Å². The number of fused-ring (bicyclic) bond motifs is 1. The fourth-order valence-corrected chi connectivity index (χ4v) is 4.93. The molecule has 2 aromatic carbocycles. The Bertz CT molecular complexity index is 1270. The number of hydrogen-bond acceptors (Lipinski definition) is 5. The molecule has 3 heterocycles. The molecule has 0 radical (unpaired) electrons. The first-order chi connectivity index (χ1) is 16.4. The SMILES string of the molecule is C[C@H]1Cc2cc(/C(O)=C3\C(=O)C(=O)N(CCCn4ccnc4)[C@H]3c3ccc(Br)cc3)ccc2O1. The van der Waals surface area contributed by atoms with Gasteiger partial charge in [-0.15, -0.1) is 0 Å². The number of amides is 1. The first kappa shape index (κ1) is 22.4. The van der Waals surface area contributed by atoms with Crippen molar-refractivity contribution in [2.45, 2.75) is 38.5 Å². The summed E-state index contributed by atoms with van der Waals surface area (Å²) >= 11 is 3.44. The molecule has 1 aromatic heterocycles. The van der Waals surface area contributed by atoms with Crippen molar-refractivity contribution in [2.24, 2.45) is 0 Å². The second-order valence-corrected chi connectivity index (χ2v) is 9.57. The van der Waals surface area contributed by atoms with E-state index >= 15 is 0 Å². The van der Waals surface area contributed by atoms with Crippen molar-refractivity contribution >= 4 is 33.4 Å². The van der Waals surface area contributed by atoms with Gasteiger partial charge in [0.2, 0.25) is 0 Å². The van der Waals surface area contributed by atoms with Crippen LogP contribution in [0, 0.1) is 0 Å². The lowest BCUT2D eigenvalue weighted by atomic mass is 9.94.